The Morgan fingerprint density at radius 3 is 2.61 bits per heavy atom. The van der Waals surface area contributed by atoms with Crippen molar-refractivity contribution in [3.63, 3.8) is 0 Å². The second-order valence-electron chi connectivity index (χ2n) is 7.37. The van der Waals surface area contributed by atoms with Crippen molar-refractivity contribution in [2.24, 2.45) is 5.73 Å². The molecule has 0 aliphatic heterocycles. The van der Waals surface area contributed by atoms with Gasteiger partial charge in [-0.3, -0.25) is 10.2 Å². The summed E-state index contributed by atoms with van der Waals surface area (Å²) < 4.78 is 31.1. The summed E-state index contributed by atoms with van der Waals surface area (Å²) >= 11 is 0. The van der Waals surface area contributed by atoms with Gasteiger partial charge in [0, 0.05) is 29.1 Å². The first-order chi connectivity index (χ1) is 15.0. The van der Waals surface area contributed by atoms with Crippen LogP contribution in [0.4, 0.5) is 4.39 Å². The Labute approximate surface area is 180 Å². The van der Waals surface area contributed by atoms with Crippen LogP contribution in [0.1, 0.15) is 44.1 Å². The van der Waals surface area contributed by atoms with Gasteiger partial charge in [-0.25, -0.2) is 14.4 Å². The number of amidine groups is 1. The number of nitrogens with zero attached hydrogens (tertiary/aromatic N) is 2. The molecule has 0 unspecified atom stereocenters. The number of nitrogens with two attached hydrogens (primary N) is 1. The smallest absolute Gasteiger partial charge is 0.316 e. The third-order valence-electron chi connectivity index (χ3n) is 4.96. The molecule has 0 atom stereocenters. The predicted molar refractivity (Wildman–Crippen MR) is 112 cm³/mol. The number of esters is 1. The van der Waals surface area contributed by atoms with E-state index in [4.69, 9.17) is 25.4 Å². The van der Waals surface area contributed by atoms with Crippen LogP contribution in [0.2, 0.25) is 0 Å². The van der Waals surface area contributed by atoms with Crippen LogP contribution in [-0.2, 0) is 20.9 Å². The van der Waals surface area contributed by atoms with E-state index >= 15 is 0 Å². The number of benzene rings is 1. The molecular formula is C22H27FN4O4. The first-order valence-corrected chi connectivity index (χ1v) is 10.4. The van der Waals surface area contributed by atoms with Crippen LogP contribution in [0.25, 0.3) is 11.1 Å². The van der Waals surface area contributed by atoms with E-state index in [1.54, 1.807) is 12.1 Å². The minimum absolute atomic E-state index is 0.200. The highest BCUT2D eigenvalue weighted by Gasteiger charge is 2.15. The molecule has 3 rings (SSSR count). The number of hydrogen-bond acceptors (Lipinski definition) is 7. The number of aromatic nitrogens is 2. The first kappa shape index (κ1) is 22.6. The van der Waals surface area contributed by atoms with Crippen LogP contribution in [0.5, 0.6) is 6.01 Å². The van der Waals surface area contributed by atoms with Crippen molar-refractivity contribution in [2.75, 3.05) is 13.2 Å². The summed E-state index contributed by atoms with van der Waals surface area (Å²) in [5.74, 6) is -1.52. The Kier molecular flexibility index (Phi) is 8.28. The van der Waals surface area contributed by atoms with Crippen molar-refractivity contribution in [3.8, 4) is 17.1 Å². The van der Waals surface area contributed by atoms with Crippen LogP contribution in [-0.4, -0.2) is 41.1 Å². The maximum absolute atomic E-state index is 14.8. The fourth-order valence-corrected chi connectivity index (χ4v) is 3.39. The van der Waals surface area contributed by atoms with Crippen LogP contribution < -0.4 is 10.5 Å². The Bertz CT molecular complexity index is 886. The van der Waals surface area contributed by atoms with E-state index in [-0.39, 0.29) is 36.0 Å². The van der Waals surface area contributed by atoms with Crippen molar-refractivity contribution < 1.29 is 23.4 Å². The van der Waals surface area contributed by atoms with Gasteiger partial charge in [0.15, 0.2) is 0 Å². The maximum Gasteiger partial charge on any atom is 0.316 e. The van der Waals surface area contributed by atoms with Crippen molar-refractivity contribution in [1.29, 1.82) is 5.41 Å². The molecule has 0 spiro atoms. The number of hydrogen-bond donors (Lipinski definition) is 2. The van der Waals surface area contributed by atoms with Crippen LogP contribution >= 0.6 is 0 Å². The molecule has 2 aromatic rings. The lowest BCUT2D eigenvalue weighted by Crippen LogP contribution is -2.20. The van der Waals surface area contributed by atoms with Gasteiger partial charge in [0.2, 0.25) is 0 Å². The van der Waals surface area contributed by atoms with Crippen LogP contribution in [0, 0.1) is 11.2 Å². The molecule has 1 saturated carbocycles. The lowest BCUT2D eigenvalue weighted by molar-refractivity contribution is -0.143. The summed E-state index contributed by atoms with van der Waals surface area (Å²) in [6.45, 7) is 0.578. The van der Waals surface area contributed by atoms with E-state index in [0.717, 1.165) is 12.8 Å². The van der Waals surface area contributed by atoms with Crippen molar-refractivity contribution in [3.05, 3.63) is 42.0 Å². The van der Waals surface area contributed by atoms with Gasteiger partial charge < -0.3 is 19.9 Å². The fourth-order valence-electron chi connectivity index (χ4n) is 3.39. The fraction of sp³-hybridized carbons (Fsp3) is 0.455. The molecule has 1 fully saturated rings. The highest BCUT2D eigenvalue weighted by Crippen LogP contribution is 2.25. The standard InChI is InChI=1S/C22H27FN4O4/c23-21-15(14-31-20(28)11-19(24)25)5-4-8-18(21)16-12-26-22(27-13-16)30-10-9-29-17-6-2-1-3-7-17/h4-5,8,12-13,17H,1-3,6-7,9-11,14H2,(H3,24,25). The summed E-state index contributed by atoms with van der Waals surface area (Å²) in [5.41, 5.74) is 6.11. The number of rotatable bonds is 10. The Hall–Kier alpha value is -3.07. The second kappa shape index (κ2) is 11.4. The number of halogens is 1. The molecule has 1 aromatic carbocycles. The van der Waals surface area contributed by atoms with Crippen molar-refractivity contribution in [1.82, 2.24) is 9.97 Å². The van der Waals surface area contributed by atoms with E-state index in [2.05, 4.69) is 9.97 Å². The maximum atomic E-state index is 14.8. The van der Waals surface area contributed by atoms with Crippen LogP contribution in [0.15, 0.2) is 30.6 Å². The Balaban J connectivity index is 1.52. The lowest BCUT2D eigenvalue weighted by atomic mass is 9.98. The van der Waals surface area contributed by atoms with Gasteiger partial charge in [-0.15, -0.1) is 0 Å². The molecule has 1 heterocycles. The zero-order valence-corrected chi connectivity index (χ0v) is 17.3. The molecule has 9 heteroatoms. The average molecular weight is 430 g/mol. The van der Waals surface area contributed by atoms with Gasteiger partial charge in [-0.2, -0.15) is 0 Å². The topological polar surface area (TPSA) is 120 Å². The van der Waals surface area contributed by atoms with Gasteiger partial charge in [-0.1, -0.05) is 37.5 Å². The summed E-state index contributed by atoms with van der Waals surface area (Å²) in [7, 11) is 0. The second-order valence-corrected chi connectivity index (χ2v) is 7.37. The Morgan fingerprint density at radius 1 is 1.16 bits per heavy atom. The molecule has 0 amide bonds. The zero-order chi connectivity index (χ0) is 22.1. The van der Waals surface area contributed by atoms with Gasteiger partial charge in [-0.05, 0) is 12.8 Å². The molecule has 1 aromatic heterocycles. The van der Waals surface area contributed by atoms with E-state index < -0.39 is 11.8 Å². The summed E-state index contributed by atoms with van der Waals surface area (Å²) in [5, 5.41) is 7.09. The van der Waals surface area contributed by atoms with Crippen LogP contribution in [0.3, 0.4) is 0 Å². The molecule has 166 valence electrons. The molecule has 1 aliphatic carbocycles. The zero-order valence-electron chi connectivity index (χ0n) is 17.3. The third kappa shape index (κ3) is 6.99. The van der Waals surface area contributed by atoms with E-state index in [0.29, 0.717) is 24.9 Å². The normalized spacial score (nSPS) is 14.2. The summed E-state index contributed by atoms with van der Waals surface area (Å²) in [4.78, 5) is 19.8. The molecule has 31 heavy (non-hydrogen) atoms. The lowest BCUT2D eigenvalue weighted by Gasteiger charge is -2.21. The molecular weight excluding hydrogens is 403 g/mol. The molecule has 3 N–H and O–H groups in total. The van der Waals surface area contributed by atoms with Gasteiger partial charge >= 0.3 is 12.0 Å². The SMILES string of the molecule is N=C(N)CC(=O)OCc1cccc(-c2cnc(OCCOC3CCCCC3)nc2)c1F. The first-order valence-electron chi connectivity index (χ1n) is 10.4. The largest absolute Gasteiger partial charge is 0.461 e. The van der Waals surface area contributed by atoms with Gasteiger partial charge in [0.25, 0.3) is 0 Å². The third-order valence-corrected chi connectivity index (χ3v) is 4.96. The summed E-state index contributed by atoms with van der Waals surface area (Å²) in [6.07, 6.45) is 8.87. The number of nitrogens with one attached hydrogen (secondary N) is 1. The van der Waals surface area contributed by atoms with Gasteiger partial charge in [0.1, 0.15) is 31.3 Å². The highest BCUT2D eigenvalue weighted by atomic mass is 19.1. The van der Waals surface area contributed by atoms with E-state index in [9.17, 15) is 9.18 Å². The van der Waals surface area contributed by atoms with Crippen molar-refractivity contribution in [2.45, 2.75) is 51.2 Å². The summed E-state index contributed by atoms with van der Waals surface area (Å²) in [6, 6.07) is 4.96. The monoisotopic (exact) mass is 430 g/mol. The molecule has 1 aliphatic rings. The number of ether oxygens (including phenoxy) is 3. The number of carbonyl (C=O) groups is 1. The van der Waals surface area contributed by atoms with Crippen molar-refractivity contribution >= 4 is 11.8 Å². The minimum Gasteiger partial charge on any atom is -0.461 e. The average Bonchev–Trinajstić information content (AvgIpc) is 2.77. The Morgan fingerprint density at radius 2 is 1.90 bits per heavy atom. The quantitative estimate of drug-likeness (QED) is 0.256. The minimum atomic E-state index is -0.686. The predicted octanol–water partition coefficient (Wildman–Crippen LogP) is 3.38. The molecule has 8 nitrogen and oxygen atoms in total. The van der Waals surface area contributed by atoms with E-state index in [1.807, 2.05) is 0 Å². The molecule has 0 bridgehead atoms. The highest BCUT2D eigenvalue weighted by molar-refractivity contribution is 5.94. The molecule has 0 saturated heterocycles. The molecule has 0 radical (unpaired) electrons. The number of carbonyl (C=O) groups excluding carboxylic acids is 1. The van der Waals surface area contributed by atoms with Gasteiger partial charge in [0.05, 0.1) is 12.7 Å². The van der Waals surface area contributed by atoms with E-state index in [1.165, 1.54) is 37.7 Å².